The Labute approximate surface area is 136 Å². The van der Waals surface area contributed by atoms with E-state index in [-0.39, 0.29) is 16.8 Å². The highest BCUT2D eigenvalue weighted by Crippen LogP contribution is 2.36. The van der Waals surface area contributed by atoms with Crippen molar-refractivity contribution in [3.63, 3.8) is 0 Å². The number of halogens is 2. The summed E-state index contributed by atoms with van der Waals surface area (Å²) >= 11 is 15.0. The number of thiophene rings is 1. The molecule has 0 spiro atoms. The zero-order chi connectivity index (χ0) is 14.8. The summed E-state index contributed by atoms with van der Waals surface area (Å²) in [6.07, 6.45) is 0.354. The van der Waals surface area contributed by atoms with Gasteiger partial charge in [-0.05, 0) is 35.8 Å². The van der Waals surface area contributed by atoms with Crippen LogP contribution >= 0.6 is 51.1 Å². The van der Waals surface area contributed by atoms with Gasteiger partial charge in [-0.1, -0.05) is 23.8 Å². The topological polar surface area (TPSA) is 63.4 Å². The van der Waals surface area contributed by atoms with Crippen molar-refractivity contribution < 1.29 is 8.42 Å². The minimum Gasteiger partial charge on any atom is -0.393 e. The van der Waals surface area contributed by atoms with Crippen molar-refractivity contribution in [1.82, 2.24) is 4.31 Å². The van der Waals surface area contributed by atoms with Gasteiger partial charge in [0.05, 0.1) is 13.8 Å². The fraction of sp³-hybridized carbons (Fsp3) is 0.500. The third-order valence-electron chi connectivity index (χ3n) is 2.34. The number of rotatable bonds is 6. The summed E-state index contributed by atoms with van der Waals surface area (Å²) in [5.74, 6) is 0. The molecule has 0 saturated carbocycles. The minimum absolute atomic E-state index is 0.181. The average molecular weight is 406 g/mol. The van der Waals surface area contributed by atoms with Gasteiger partial charge in [0.15, 0.2) is 0 Å². The van der Waals surface area contributed by atoms with E-state index in [1.165, 1.54) is 10.4 Å². The maximum absolute atomic E-state index is 12.5. The first-order valence-corrected chi connectivity index (χ1v) is 9.24. The summed E-state index contributed by atoms with van der Waals surface area (Å²) in [4.78, 5) is 0.297. The van der Waals surface area contributed by atoms with Crippen LogP contribution in [0.5, 0.6) is 0 Å². The second-order valence-electron chi connectivity index (χ2n) is 4.11. The van der Waals surface area contributed by atoms with Crippen LogP contribution in [-0.4, -0.2) is 30.3 Å². The Morgan fingerprint density at radius 2 is 2.21 bits per heavy atom. The predicted molar refractivity (Wildman–Crippen MR) is 87.5 cm³/mol. The molecule has 0 amide bonds. The molecular weight excluding hydrogens is 392 g/mol. The Hall–Kier alpha value is 0.270. The van der Waals surface area contributed by atoms with Crippen LogP contribution < -0.4 is 5.73 Å². The second kappa shape index (κ2) is 6.82. The molecule has 0 saturated heterocycles. The van der Waals surface area contributed by atoms with Gasteiger partial charge >= 0.3 is 0 Å². The van der Waals surface area contributed by atoms with Crippen LogP contribution in [-0.2, 0) is 10.0 Å². The molecule has 1 aromatic heterocycles. The van der Waals surface area contributed by atoms with E-state index >= 15 is 0 Å². The highest BCUT2D eigenvalue weighted by Gasteiger charge is 2.29. The van der Waals surface area contributed by atoms with Gasteiger partial charge in [-0.15, -0.1) is 11.3 Å². The number of nitrogens with two attached hydrogens (primary N) is 1. The smallest absolute Gasteiger partial charge is 0.252 e. The summed E-state index contributed by atoms with van der Waals surface area (Å²) in [5, 5.41) is 0.390. The summed E-state index contributed by atoms with van der Waals surface area (Å²) in [7, 11) is -3.58. The average Bonchev–Trinajstić information content (AvgIpc) is 2.58. The summed E-state index contributed by atoms with van der Waals surface area (Å²) in [6, 6.07) is 1.26. The van der Waals surface area contributed by atoms with E-state index < -0.39 is 10.0 Å². The van der Waals surface area contributed by atoms with Crippen LogP contribution in [0.2, 0.25) is 5.02 Å². The molecule has 1 aromatic rings. The van der Waals surface area contributed by atoms with Gasteiger partial charge in [0.1, 0.15) is 4.21 Å². The van der Waals surface area contributed by atoms with Gasteiger partial charge in [0, 0.05) is 19.0 Å². The van der Waals surface area contributed by atoms with E-state index in [2.05, 4.69) is 15.9 Å². The molecule has 2 N–H and O–H groups in total. The van der Waals surface area contributed by atoms with Crippen molar-refractivity contribution in [3.8, 4) is 0 Å². The van der Waals surface area contributed by atoms with Crippen molar-refractivity contribution in [1.29, 1.82) is 0 Å². The molecule has 0 fully saturated rings. The third kappa shape index (κ3) is 4.37. The van der Waals surface area contributed by atoms with E-state index in [1.54, 1.807) is 13.8 Å². The van der Waals surface area contributed by atoms with Crippen molar-refractivity contribution in [2.24, 2.45) is 5.73 Å². The lowest BCUT2D eigenvalue weighted by Crippen LogP contribution is -2.38. The molecule has 0 radical (unpaired) electrons. The first kappa shape index (κ1) is 17.3. The Balaban J connectivity index is 3.09. The lowest BCUT2D eigenvalue weighted by molar-refractivity contribution is 0.363. The molecule has 0 atom stereocenters. The molecule has 0 aliphatic rings. The molecule has 9 heteroatoms. The molecular formula is C10H14BrClN2O2S3. The van der Waals surface area contributed by atoms with E-state index in [0.717, 1.165) is 11.3 Å². The minimum atomic E-state index is -3.58. The Kier molecular flexibility index (Phi) is 6.22. The van der Waals surface area contributed by atoms with E-state index in [1.807, 2.05) is 0 Å². The highest BCUT2D eigenvalue weighted by molar-refractivity contribution is 9.11. The number of sulfonamides is 1. The van der Waals surface area contributed by atoms with Gasteiger partial charge < -0.3 is 5.73 Å². The SMILES string of the molecule is CC(C)N(CCC(N)=S)S(=O)(=O)c1cc(Cl)c(Br)s1. The standard InChI is InChI=1S/C10H14BrClN2O2S3/c1-6(2)14(4-3-8(13)17)19(15,16)9-5-7(12)10(11)18-9/h5-6H,3-4H2,1-2H3,(H2,13,17). The Morgan fingerprint density at radius 3 is 2.58 bits per heavy atom. The van der Waals surface area contributed by atoms with E-state index in [0.29, 0.717) is 20.2 Å². The van der Waals surface area contributed by atoms with Crippen molar-refractivity contribution in [3.05, 3.63) is 14.9 Å². The van der Waals surface area contributed by atoms with Crippen molar-refractivity contribution >= 4 is 66.1 Å². The fourth-order valence-corrected chi connectivity index (χ4v) is 5.70. The van der Waals surface area contributed by atoms with E-state index in [9.17, 15) is 8.42 Å². The lowest BCUT2D eigenvalue weighted by atomic mass is 10.3. The summed E-state index contributed by atoms with van der Waals surface area (Å²) in [6.45, 7) is 3.88. The van der Waals surface area contributed by atoms with Crippen LogP contribution in [0.3, 0.4) is 0 Å². The quantitative estimate of drug-likeness (QED) is 0.738. The molecule has 4 nitrogen and oxygen atoms in total. The number of nitrogens with zero attached hydrogens (tertiary/aromatic N) is 1. The Morgan fingerprint density at radius 1 is 1.63 bits per heavy atom. The third-order valence-corrected chi connectivity index (χ3v) is 7.54. The van der Waals surface area contributed by atoms with Gasteiger partial charge in [0.25, 0.3) is 10.0 Å². The monoisotopic (exact) mass is 404 g/mol. The van der Waals surface area contributed by atoms with Crippen molar-refractivity contribution in [2.75, 3.05) is 6.54 Å². The highest BCUT2D eigenvalue weighted by atomic mass is 79.9. The predicted octanol–water partition coefficient (Wildman–Crippen LogP) is 3.24. The van der Waals surface area contributed by atoms with Crippen LogP contribution in [0, 0.1) is 0 Å². The molecule has 0 bridgehead atoms. The number of hydrogen-bond acceptors (Lipinski definition) is 4. The molecule has 1 rings (SSSR count). The Bertz CT molecular complexity index is 552. The molecule has 0 aromatic carbocycles. The molecule has 0 unspecified atom stereocenters. The number of hydrogen-bond donors (Lipinski definition) is 1. The second-order valence-corrected chi connectivity index (χ2v) is 9.53. The fourth-order valence-electron chi connectivity index (χ4n) is 1.45. The zero-order valence-corrected chi connectivity index (χ0v) is 15.2. The zero-order valence-electron chi connectivity index (χ0n) is 10.4. The maximum atomic E-state index is 12.5. The summed E-state index contributed by atoms with van der Waals surface area (Å²) in [5.41, 5.74) is 5.44. The first-order valence-electron chi connectivity index (χ1n) is 5.41. The molecule has 19 heavy (non-hydrogen) atoms. The largest absolute Gasteiger partial charge is 0.393 e. The molecule has 0 aliphatic heterocycles. The lowest BCUT2D eigenvalue weighted by Gasteiger charge is -2.24. The van der Waals surface area contributed by atoms with Gasteiger partial charge in [0.2, 0.25) is 0 Å². The van der Waals surface area contributed by atoms with Gasteiger partial charge in [-0.3, -0.25) is 0 Å². The van der Waals surface area contributed by atoms with Crippen LogP contribution in [0.4, 0.5) is 0 Å². The first-order chi connectivity index (χ1) is 8.66. The van der Waals surface area contributed by atoms with Gasteiger partial charge in [-0.2, -0.15) is 4.31 Å². The molecule has 1 heterocycles. The number of thiocarbonyl (C=S) groups is 1. The van der Waals surface area contributed by atoms with Crippen LogP contribution in [0.1, 0.15) is 20.3 Å². The normalized spacial score (nSPS) is 12.3. The van der Waals surface area contributed by atoms with Crippen molar-refractivity contribution in [2.45, 2.75) is 30.5 Å². The maximum Gasteiger partial charge on any atom is 0.252 e. The van der Waals surface area contributed by atoms with E-state index in [4.69, 9.17) is 29.6 Å². The van der Waals surface area contributed by atoms with Crippen LogP contribution in [0.15, 0.2) is 14.1 Å². The van der Waals surface area contributed by atoms with Gasteiger partial charge in [-0.25, -0.2) is 8.42 Å². The molecule has 0 aliphatic carbocycles. The summed E-state index contributed by atoms with van der Waals surface area (Å²) < 4.78 is 27.2. The molecule has 108 valence electrons. The van der Waals surface area contributed by atoms with Crippen LogP contribution in [0.25, 0.3) is 0 Å².